The van der Waals surface area contributed by atoms with Crippen molar-refractivity contribution < 1.29 is 14.3 Å². The van der Waals surface area contributed by atoms with Gasteiger partial charge in [-0.1, -0.05) is 6.07 Å². The Hall–Kier alpha value is -2.22. The summed E-state index contributed by atoms with van der Waals surface area (Å²) in [6.07, 6.45) is 0.856. The highest BCUT2D eigenvalue weighted by molar-refractivity contribution is 5.91. The molecule has 0 aliphatic carbocycles. The van der Waals surface area contributed by atoms with Crippen LogP contribution in [0.2, 0.25) is 0 Å². The van der Waals surface area contributed by atoms with Crippen molar-refractivity contribution in [2.45, 2.75) is 13.0 Å². The summed E-state index contributed by atoms with van der Waals surface area (Å²) in [5.74, 6) is 0.765. The number of nitriles is 1. The van der Waals surface area contributed by atoms with Crippen molar-refractivity contribution in [1.82, 2.24) is 5.32 Å². The molecule has 17 heavy (non-hydrogen) atoms. The quantitative estimate of drug-likeness (QED) is 0.772. The third-order valence-electron chi connectivity index (χ3n) is 2.37. The van der Waals surface area contributed by atoms with E-state index in [1.54, 1.807) is 0 Å². The lowest BCUT2D eigenvalue weighted by molar-refractivity contribution is -0.116. The third kappa shape index (κ3) is 2.88. The number of benzene rings is 1. The highest BCUT2D eigenvalue weighted by Crippen LogP contribution is 2.30. The van der Waals surface area contributed by atoms with Gasteiger partial charge in [-0.3, -0.25) is 4.79 Å². The molecule has 0 spiro atoms. The van der Waals surface area contributed by atoms with Crippen LogP contribution in [0.3, 0.4) is 0 Å². The van der Waals surface area contributed by atoms with Gasteiger partial charge in [0, 0.05) is 13.0 Å². The minimum Gasteiger partial charge on any atom is -0.490 e. The monoisotopic (exact) mass is 232 g/mol. The first-order valence-electron chi connectivity index (χ1n) is 5.36. The molecule has 0 saturated heterocycles. The van der Waals surface area contributed by atoms with E-state index < -0.39 is 5.91 Å². The number of carbonyl (C=O) groups is 1. The maximum atomic E-state index is 10.8. The average Bonchev–Trinajstić information content (AvgIpc) is 2.60. The van der Waals surface area contributed by atoms with Crippen LogP contribution in [0.4, 0.5) is 0 Å². The molecule has 2 rings (SSSR count). The number of hydrogen-bond acceptors (Lipinski definition) is 4. The van der Waals surface area contributed by atoms with Gasteiger partial charge in [0.2, 0.25) is 0 Å². The van der Waals surface area contributed by atoms with E-state index in [1.807, 2.05) is 18.2 Å². The van der Waals surface area contributed by atoms with Gasteiger partial charge in [0.1, 0.15) is 0 Å². The fourth-order valence-corrected chi connectivity index (χ4v) is 1.54. The Kier molecular flexibility index (Phi) is 3.46. The highest BCUT2D eigenvalue weighted by Gasteiger charge is 2.10. The molecule has 0 radical (unpaired) electrons. The predicted octanol–water partition coefficient (Wildman–Crippen LogP) is 0.988. The van der Waals surface area contributed by atoms with E-state index in [9.17, 15) is 4.79 Å². The van der Waals surface area contributed by atoms with Gasteiger partial charge in [-0.05, 0) is 17.7 Å². The number of rotatable bonds is 2. The Morgan fingerprint density at radius 2 is 2.12 bits per heavy atom. The summed E-state index contributed by atoms with van der Waals surface area (Å²) in [6, 6.07) is 6.97. The molecule has 5 nitrogen and oxygen atoms in total. The highest BCUT2D eigenvalue weighted by atomic mass is 16.5. The second-order valence-electron chi connectivity index (χ2n) is 3.63. The lowest BCUT2D eigenvalue weighted by Crippen LogP contribution is -2.20. The molecule has 1 aromatic carbocycles. The normalized spacial score (nSPS) is 13.4. The third-order valence-corrected chi connectivity index (χ3v) is 2.37. The summed E-state index contributed by atoms with van der Waals surface area (Å²) < 4.78 is 11.0. The van der Waals surface area contributed by atoms with Crippen molar-refractivity contribution in [1.29, 1.82) is 5.26 Å². The van der Waals surface area contributed by atoms with Crippen molar-refractivity contribution in [3.63, 3.8) is 0 Å². The zero-order valence-electron chi connectivity index (χ0n) is 9.23. The second kappa shape index (κ2) is 5.21. The van der Waals surface area contributed by atoms with Crippen LogP contribution in [-0.2, 0) is 11.3 Å². The van der Waals surface area contributed by atoms with Gasteiger partial charge in [-0.15, -0.1) is 0 Å². The molecule has 1 aliphatic rings. The zero-order chi connectivity index (χ0) is 12.1. The van der Waals surface area contributed by atoms with Crippen LogP contribution in [0.5, 0.6) is 11.5 Å². The molecule has 88 valence electrons. The van der Waals surface area contributed by atoms with Crippen LogP contribution in [0, 0.1) is 11.3 Å². The first-order chi connectivity index (χ1) is 8.29. The van der Waals surface area contributed by atoms with Crippen molar-refractivity contribution >= 4 is 5.91 Å². The van der Waals surface area contributed by atoms with E-state index >= 15 is 0 Å². The number of nitrogens with one attached hydrogen (secondary N) is 1. The van der Waals surface area contributed by atoms with E-state index in [1.165, 1.54) is 6.07 Å². The van der Waals surface area contributed by atoms with Crippen LogP contribution >= 0.6 is 0 Å². The molecule has 0 bridgehead atoms. The van der Waals surface area contributed by atoms with E-state index in [2.05, 4.69) is 5.32 Å². The smallest absolute Gasteiger partial charge is 0.322 e. The Morgan fingerprint density at radius 3 is 2.88 bits per heavy atom. The van der Waals surface area contributed by atoms with Crippen LogP contribution < -0.4 is 14.8 Å². The Morgan fingerprint density at radius 1 is 1.35 bits per heavy atom. The minimum absolute atomic E-state index is 0.309. The van der Waals surface area contributed by atoms with Gasteiger partial charge in [-0.2, -0.15) is 5.26 Å². The van der Waals surface area contributed by atoms with Gasteiger partial charge in [-0.25, -0.2) is 0 Å². The summed E-state index contributed by atoms with van der Waals surface area (Å²) in [7, 11) is 0. The number of carbonyl (C=O) groups excluding carboxylic acids is 1. The lowest BCUT2D eigenvalue weighted by Gasteiger charge is -2.09. The van der Waals surface area contributed by atoms with Crippen LogP contribution in [0.15, 0.2) is 18.2 Å². The molecule has 1 aliphatic heterocycles. The van der Waals surface area contributed by atoms with Gasteiger partial charge in [0.25, 0.3) is 0 Å². The van der Waals surface area contributed by atoms with Crippen molar-refractivity contribution in [3.8, 4) is 17.6 Å². The topological polar surface area (TPSA) is 71.4 Å². The van der Waals surface area contributed by atoms with E-state index in [0.29, 0.717) is 25.5 Å². The number of fused-ring (bicyclic) bond motifs is 1. The van der Waals surface area contributed by atoms with Gasteiger partial charge >= 0.3 is 5.91 Å². The first kappa shape index (κ1) is 11.3. The molecule has 0 fully saturated rings. The van der Waals surface area contributed by atoms with Crippen molar-refractivity contribution in [2.24, 2.45) is 0 Å². The van der Waals surface area contributed by atoms with E-state index in [-0.39, 0.29) is 0 Å². The lowest BCUT2D eigenvalue weighted by atomic mass is 10.2. The molecular weight excluding hydrogens is 220 g/mol. The molecule has 5 heteroatoms. The maximum absolute atomic E-state index is 10.8. The number of amides is 1. The maximum Gasteiger partial charge on any atom is 0.322 e. The summed E-state index contributed by atoms with van der Waals surface area (Å²) in [6.45, 7) is 1.58. The molecule has 0 aromatic heterocycles. The molecule has 1 N–H and O–H groups in total. The standard InChI is InChI=1S/C12H12N2O3/c13-7-12(15)14-8-9-2-3-10-11(6-9)17-5-1-4-16-10/h2-3,6H,1,4-5,8H2,(H,14,15). The fraction of sp³-hybridized carbons (Fsp3) is 0.333. The van der Waals surface area contributed by atoms with E-state index in [4.69, 9.17) is 14.7 Å². The van der Waals surface area contributed by atoms with E-state index in [0.717, 1.165) is 17.7 Å². The predicted molar refractivity (Wildman–Crippen MR) is 59.5 cm³/mol. The summed E-state index contributed by atoms with van der Waals surface area (Å²) in [5, 5.41) is 10.8. The summed E-state index contributed by atoms with van der Waals surface area (Å²) >= 11 is 0. The Bertz CT molecular complexity index is 465. The molecule has 1 aromatic rings. The number of ether oxygens (including phenoxy) is 2. The minimum atomic E-state index is -0.642. The van der Waals surface area contributed by atoms with Crippen molar-refractivity contribution in [2.75, 3.05) is 13.2 Å². The fourth-order valence-electron chi connectivity index (χ4n) is 1.54. The summed E-state index contributed by atoms with van der Waals surface area (Å²) in [5.41, 5.74) is 0.873. The number of nitrogens with zero attached hydrogens (tertiary/aromatic N) is 1. The van der Waals surface area contributed by atoms with Gasteiger partial charge in [0.05, 0.1) is 13.2 Å². The van der Waals surface area contributed by atoms with Crippen LogP contribution in [-0.4, -0.2) is 19.1 Å². The first-order valence-corrected chi connectivity index (χ1v) is 5.36. The Balaban J connectivity index is 2.08. The van der Waals surface area contributed by atoms with Gasteiger partial charge in [0.15, 0.2) is 17.6 Å². The molecule has 0 unspecified atom stereocenters. The Labute approximate surface area is 98.9 Å². The second-order valence-corrected chi connectivity index (χ2v) is 3.63. The van der Waals surface area contributed by atoms with Crippen LogP contribution in [0.1, 0.15) is 12.0 Å². The molecule has 0 saturated carbocycles. The SMILES string of the molecule is N#CC(=O)NCc1ccc2c(c1)OCCCO2. The summed E-state index contributed by atoms with van der Waals surface area (Å²) in [4.78, 5) is 10.8. The molecule has 1 heterocycles. The average molecular weight is 232 g/mol. The molecule has 0 atom stereocenters. The van der Waals surface area contributed by atoms with Crippen LogP contribution in [0.25, 0.3) is 0 Å². The molecule has 1 amide bonds. The van der Waals surface area contributed by atoms with Gasteiger partial charge < -0.3 is 14.8 Å². The van der Waals surface area contributed by atoms with Crippen molar-refractivity contribution in [3.05, 3.63) is 23.8 Å². The largest absolute Gasteiger partial charge is 0.490 e. The zero-order valence-corrected chi connectivity index (χ0v) is 9.23. The molecular formula is C12H12N2O3. The number of hydrogen-bond donors (Lipinski definition) is 1.